The van der Waals surface area contributed by atoms with E-state index in [9.17, 15) is 18.3 Å². The second kappa shape index (κ2) is 9.65. The molecule has 1 heterocycles. The van der Waals surface area contributed by atoms with Crippen LogP contribution in [0.15, 0.2) is 104 Å². The summed E-state index contributed by atoms with van der Waals surface area (Å²) in [5.41, 5.74) is 10.9. The van der Waals surface area contributed by atoms with E-state index >= 15 is 0 Å². The molecule has 6 nitrogen and oxygen atoms in total. The Morgan fingerprint density at radius 3 is 1.95 bits per heavy atom. The van der Waals surface area contributed by atoms with Gasteiger partial charge < -0.3 is 10.8 Å². The Labute approximate surface area is 229 Å². The highest BCUT2D eigenvalue weighted by molar-refractivity contribution is 7.91. The number of aliphatic hydroxyl groups is 1. The summed E-state index contributed by atoms with van der Waals surface area (Å²) < 4.78 is 26.5. The van der Waals surface area contributed by atoms with Crippen molar-refractivity contribution >= 4 is 27.2 Å². The lowest BCUT2D eigenvalue weighted by molar-refractivity contribution is -0.118. The van der Waals surface area contributed by atoms with E-state index in [2.05, 4.69) is 4.99 Å². The normalized spacial score (nSPS) is 20.4. The van der Waals surface area contributed by atoms with Crippen molar-refractivity contribution < 1.29 is 18.3 Å². The molecular formula is C32H32N2O4S. The van der Waals surface area contributed by atoms with Crippen LogP contribution in [0.2, 0.25) is 0 Å². The molecule has 39 heavy (non-hydrogen) atoms. The SMILES string of the molecule is Cc1ccc(/C(O)=C2\C(N)=NC3=C(C(=O)CC(C)(C)C3)C2c2ccc(S(=O)(=O)c3ccc(C)cc3)cc2)cc1. The number of carbonyl (C=O) groups is 1. The largest absolute Gasteiger partial charge is 0.507 e. The molecule has 3 aromatic rings. The number of Topliss-reactive ketones (excluding diaryl/α,β-unsaturated/α-hetero) is 1. The fraction of sp³-hybridized carbons (Fsp3) is 0.250. The quantitative estimate of drug-likeness (QED) is 0.383. The third-order valence-corrected chi connectivity index (χ3v) is 9.23. The van der Waals surface area contributed by atoms with E-state index in [1.807, 2.05) is 39.8 Å². The lowest BCUT2D eigenvalue weighted by atomic mass is 9.68. The number of ketones is 1. The summed E-state index contributed by atoms with van der Waals surface area (Å²) in [6, 6.07) is 20.6. The number of aliphatic hydroxyl groups excluding tert-OH is 1. The van der Waals surface area contributed by atoms with Crippen LogP contribution in [0.5, 0.6) is 0 Å². The van der Waals surface area contributed by atoms with Crippen molar-refractivity contribution in [2.45, 2.75) is 56.2 Å². The van der Waals surface area contributed by atoms with Crippen LogP contribution >= 0.6 is 0 Å². The molecule has 3 aromatic carbocycles. The van der Waals surface area contributed by atoms with Gasteiger partial charge in [0.25, 0.3) is 0 Å². The highest BCUT2D eigenvalue weighted by atomic mass is 32.2. The van der Waals surface area contributed by atoms with Crippen molar-refractivity contribution in [3.05, 3.63) is 112 Å². The number of rotatable bonds is 4. The van der Waals surface area contributed by atoms with Crippen molar-refractivity contribution in [2.75, 3.05) is 0 Å². The zero-order valence-corrected chi connectivity index (χ0v) is 23.3. The molecule has 1 unspecified atom stereocenters. The number of aliphatic imine (C=N–C) groups is 1. The molecule has 1 atom stereocenters. The summed E-state index contributed by atoms with van der Waals surface area (Å²) in [5.74, 6) is -0.632. The molecule has 0 amide bonds. The molecular weight excluding hydrogens is 508 g/mol. The van der Waals surface area contributed by atoms with Gasteiger partial charge in [0.1, 0.15) is 11.6 Å². The van der Waals surface area contributed by atoms with Gasteiger partial charge in [0.15, 0.2) is 5.78 Å². The van der Waals surface area contributed by atoms with Crippen LogP contribution in [-0.2, 0) is 14.6 Å². The molecule has 0 saturated carbocycles. The molecule has 0 bridgehead atoms. The van der Waals surface area contributed by atoms with Crippen molar-refractivity contribution in [3.8, 4) is 0 Å². The Hall–Kier alpha value is -3.97. The van der Waals surface area contributed by atoms with Gasteiger partial charge >= 0.3 is 0 Å². The lowest BCUT2D eigenvalue weighted by Gasteiger charge is -2.37. The second-order valence-corrected chi connectivity index (χ2v) is 13.2. The molecule has 0 radical (unpaired) electrons. The number of sulfone groups is 1. The van der Waals surface area contributed by atoms with E-state index in [4.69, 9.17) is 5.73 Å². The van der Waals surface area contributed by atoms with Gasteiger partial charge in [-0.05, 0) is 55.5 Å². The van der Waals surface area contributed by atoms with Gasteiger partial charge in [-0.25, -0.2) is 13.4 Å². The zero-order valence-electron chi connectivity index (χ0n) is 22.5. The lowest BCUT2D eigenvalue weighted by Crippen LogP contribution is -2.35. The van der Waals surface area contributed by atoms with Crippen LogP contribution in [0.3, 0.4) is 0 Å². The number of hydrogen-bond donors (Lipinski definition) is 2. The van der Waals surface area contributed by atoms with Crippen LogP contribution in [0.4, 0.5) is 0 Å². The number of nitrogens with zero attached hydrogens (tertiary/aromatic N) is 1. The Bertz CT molecular complexity index is 1660. The maximum atomic E-state index is 13.6. The molecule has 0 spiro atoms. The zero-order chi connectivity index (χ0) is 28.1. The number of aryl methyl sites for hydroxylation is 2. The summed E-state index contributed by atoms with van der Waals surface area (Å²) in [6.45, 7) is 7.90. The first-order chi connectivity index (χ1) is 18.4. The minimum absolute atomic E-state index is 0.0481. The predicted molar refractivity (Wildman–Crippen MR) is 153 cm³/mol. The number of benzene rings is 3. The van der Waals surface area contributed by atoms with Gasteiger partial charge in [-0.2, -0.15) is 0 Å². The van der Waals surface area contributed by atoms with E-state index in [-0.39, 0.29) is 32.6 Å². The van der Waals surface area contributed by atoms with Crippen molar-refractivity contribution in [1.82, 2.24) is 0 Å². The maximum Gasteiger partial charge on any atom is 0.206 e. The third kappa shape index (κ3) is 4.94. The molecule has 200 valence electrons. The molecule has 0 aromatic heterocycles. The van der Waals surface area contributed by atoms with Crippen LogP contribution < -0.4 is 5.73 Å². The maximum absolute atomic E-state index is 13.6. The average molecular weight is 541 g/mol. The third-order valence-electron chi connectivity index (χ3n) is 7.44. The van der Waals surface area contributed by atoms with Gasteiger partial charge in [0.2, 0.25) is 9.84 Å². The van der Waals surface area contributed by atoms with E-state index < -0.39 is 15.8 Å². The number of carbonyl (C=O) groups excluding carboxylic acids is 1. The van der Waals surface area contributed by atoms with E-state index in [0.29, 0.717) is 40.8 Å². The minimum Gasteiger partial charge on any atom is -0.507 e. The van der Waals surface area contributed by atoms with Gasteiger partial charge in [0, 0.05) is 29.0 Å². The first kappa shape index (κ1) is 26.6. The molecule has 1 aliphatic carbocycles. The second-order valence-electron chi connectivity index (χ2n) is 11.2. The number of allylic oxidation sites excluding steroid dienone is 2. The minimum atomic E-state index is -3.73. The number of amidine groups is 1. The topological polar surface area (TPSA) is 110 Å². The Morgan fingerprint density at radius 1 is 0.872 bits per heavy atom. The molecule has 7 heteroatoms. The monoisotopic (exact) mass is 540 g/mol. The highest BCUT2D eigenvalue weighted by Gasteiger charge is 2.42. The predicted octanol–water partition coefficient (Wildman–Crippen LogP) is 6.20. The molecule has 5 rings (SSSR count). The van der Waals surface area contributed by atoms with Gasteiger partial charge in [0.05, 0.1) is 15.5 Å². The van der Waals surface area contributed by atoms with Crippen LogP contribution in [-0.4, -0.2) is 25.1 Å². The summed E-state index contributed by atoms with van der Waals surface area (Å²) in [4.78, 5) is 18.5. The number of hydrogen-bond acceptors (Lipinski definition) is 6. The summed E-state index contributed by atoms with van der Waals surface area (Å²) in [5, 5.41) is 11.5. The Morgan fingerprint density at radius 2 is 1.38 bits per heavy atom. The molecule has 2 aliphatic rings. The molecule has 3 N–H and O–H groups in total. The van der Waals surface area contributed by atoms with Crippen LogP contribution in [0.1, 0.15) is 54.9 Å². The van der Waals surface area contributed by atoms with Gasteiger partial charge in [-0.3, -0.25) is 4.79 Å². The smallest absolute Gasteiger partial charge is 0.206 e. The first-order valence-electron chi connectivity index (χ1n) is 12.9. The summed E-state index contributed by atoms with van der Waals surface area (Å²) in [7, 11) is -3.73. The fourth-order valence-corrected chi connectivity index (χ4v) is 6.64. The fourth-order valence-electron chi connectivity index (χ4n) is 5.38. The molecule has 0 fully saturated rings. The van der Waals surface area contributed by atoms with Crippen LogP contribution in [0, 0.1) is 19.3 Å². The average Bonchev–Trinajstić information content (AvgIpc) is 2.87. The first-order valence-corrected chi connectivity index (χ1v) is 14.4. The Balaban J connectivity index is 1.66. The van der Waals surface area contributed by atoms with Crippen molar-refractivity contribution in [2.24, 2.45) is 16.1 Å². The summed E-state index contributed by atoms with van der Waals surface area (Å²) in [6.07, 6.45) is 0.917. The molecule has 0 saturated heterocycles. The highest BCUT2D eigenvalue weighted by Crippen LogP contribution is 2.48. The van der Waals surface area contributed by atoms with E-state index in [1.54, 1.807) is 60.7 Å². The molecule has 1 aliphatic heterocycles. The van der Waals surface area contributed by atoms with Crippen molar-refractivity contribution in [3.63, 3.8) is 0 Å². The summed E-state index contributed by atoms with van der Waals surface area (Å²) >= 11 is 0. The standard InChI is InChI=1S/C32H32N2O4S/c1-19-5-9-22(10-6-19)30(36)29-27(28-25(34-31(29)33)17-32(3,4)18-26(28)35)21-11-15-24(16-12-21)39(37,38)23-13-7-20(2)8-14-23/h5-16,27,36H,17-18H2,1-4H3,(H2,33,34)/b30-29+. The van der Waals surface area contributed by atoms with Crippen molar-refractivity contribution in [1.29, 1.82) is 0 Å². The van der Waals surface area contributed by atoms with Gasteiger partial charge in [-0.1, -0.05) is 73.5 Å². The Kier molecular flexibility index (Phi) is 6.59. The van der Waals surface area contributed by atoms with Crippen LogP contribution in [0.25, 0.3) is 5.76 Å². The van der Waals surface area contributed by atoms with E-state index in [0.717, 1.165) is 11.1 Å². The van der Waals surface area contributed by atoms with E-state index in [1.165, 1.54) is 0 Å². The van der Waals surface area contributed by atoms with Gasteiger partial charge in [-0.15, -0.1) is 0 Å². The number of nitrogens with two attached hydrogens (primary N) is 1.